The van der Waals surface area contributed by atoms with Crippen molar-refractivity contribution in [3.63, 3.8) is 0 Å². The lowest BCUT2D eigenvalue weighted by atomic mass is 10.0. The summed E-state index contributed by atoms with van der Waals surface area (Å²) >= 11 is 0. The van der Waals surface area contributed by atoms with Crippen molar-refractivity contribution in [1.82, 2.24) is 5.32 Å². The average Bonchev–Trinajstić information content (AvgIpc) is 2.76. The van der Waals surface area contributed by atoms with Crippen LogP contribution < -0.4 is 5.32 Å². The first kappa shape index (κ1) is 11.2. The SMILES string of the molecule is O=C(Cc1c(F)cccc1F)C1CCCN1. The van der Waals surface area contributed by atoms with Crippen LogP contribution in [0.4, 0.5) is 8.78 Å². The van der Waals surface area contributed by atoms with Crippen LogP contribution in [0.1, 0.15) is 18.4 Å². The molecule has 0 saturated carbocycles. The fraction of sp³-hybridized carbons (Fsp3) is 0.417. The smallest absolute Gasteiger partial charge is 0.154 e. The number of halogens is 2. The van der Waals surface area contributed by atoms with Crippen molar-refractivity contribution in [3.05, 3.63) is 35.4 Å². The lowest BCUT2D eigenvalue weighted by molar-refractivity contribution is -0.120. The molecule has 86 valence electrons. The molecule has 1 saturated heterocycles. The molecule has 16 heavy (non-hydrogen) atoms. The Hall–Kier alpha value is -1.29. The first-order chi connectivity index (χ1) is 7.68. The second-order valence-corrected chi connectivity index (χ2v) is 3.99. The molecule has 1 aliphatic heterocycles. The van der Waals surface area contributed by atoms with Gasteiger partial charge in [0.25, 0.3) is 0 Å². The maximum absolute atomic E-state index is 13.3. The predicted molar refractivity (Wildman–Crippen MR) is 56.1 cm³/mol. The van der Waals surface area contributed by atoms with Gasteiger partial charge in [-0.15, -0.1) is 0 Å². The molecule has 1 fully saturated rings. The summed E-state index contributed by atoms with van der Waals surface area (Å²) in [7, 11) is 0. The zero-order valence-corrected chi connectivity index (χ0v) is 8.80. The van der Waals surface area contributed by atoms with Crippen LogP contribution in [-0.4, -0.2) is 18.4 Å². The monoisotopic (exact) mass is 225 g/mol. The third-order valence-corrected chi connectivity index (χ3v) is 2.86. The Labute approximate surface area is 92.7 Å². The molecule has 1 heterocycles. The molecule has 0 amide bonds. The summed E-state index contributed by atoms with van der Waals surface area (Å²) in [6.45, 7) is 0.802. The molecule has 0 radical (unpaired) electrons. The highest BCUT2D eigenvalue weighted by atomic mass is 19.1. The maximum Gasteiger partial charge on any atom is 0.154 e. The molecule has 0 spiro atoms. The van der Waals surface area contributed by atoms with Crippen molar-refractivity contribution >= 4 is 5.78 Å². The van der Waals surface area contributed by atoms with Gasteiger partial charge in [0.05, 0.1) is 6.04 Å². The molecule has 0 aromatic heterocycles. The van der Waals surface area contributed by atoms with E-state index in [4.69, 9.17) is 0 Å². The molecule has 2 rings (SSSR count). The third-order valence-electron chi connectivity index (χ3n) is 2.86. The molecule has 2 nitrogen and oxygen atoms in total. The number of hydrogen-bond acceptors (Lipinski definition) is 2. The van der Waals surface area contributed by atoms with Crippen molar-refractivity contribution in [2.24, 2.45) is 0 Å². The molecule has 1 aromatic rings. The molecule has 1 unspecified atom stereocenters. The number of nitrogens with one attached hydrogen (secondary N) is 1. The number of carbonyl (C=O) groups is 1. The lowest BCUT2D eigenvalue weighted by Crippen LogP contribution is -2.32. The van der Waals surface area contributed by atoms with Gasteiger partial charge < -0.3 is 5.32 Å². The molecule has 0 aliphatic carbocycles. The Balaban J connectivity index is 2.11. The Morgan fingerprint density at radius 1 is 1.38 bits per heavy atom. The summed E-state index contributed by atoms with van der Waals surface area (Å²) in [5.41, 5.74) is -0.124. The average molecular weight is 225 g/mol. The normalized spacial score (nSPS) is 20.0. The molecule has 1 aliphatic rings. The van der Waals surface area contributed by atoms with Crippen LogP contribution in [-0.2, 0) is 11.2 Å². The van der Waals surface area contributed by atoms with Crippen LogP contribution in [0.15, 0.2) is 18.2 Å². The van der Waals surface area contributed by atoms with Crippen LogP contribution in [0.25, 0.3) is 0 Å². The van der Waals surface area contributed by atoms with Crippen molar-refractivity contribution in [2.45, 2.75) is 25.3 Å². The molecule has 1 aromatic carbocycles. The van der Waals surface area contributed by atoms with Gasteiger partial charge in [-0.3, -0.25) is 4.79 Å². The van der Waals surface area contributed by atoms with Crippen molar-refractivity contribution in [3.8, 4) is 0 Å². The summed E-state index contributed by atoms with van der Waals surface area (Å²) in [5, 5.41) is 3.02. The standard InChI is InChI=1S/C12H13F2NO/c13-9-3-1-4-10(14)8(9)7-12(16)11-5-2-6-15-11/h1,3-4,11,15H,2,5-7H2. The zero-order chi connectivity index (χ0) is 11.5. The van der Waals surface area contributed by atoms with E-state index in [1.54, 1.807) is 0 Å². The van der Waals surface area contributed by atoms with Crippen molar-refractivity contribution in [2.75, 3.05) is 6.54 Å². The van der Waals surface area contributed by atoms with E-state index >= 15 is 0 Å². The van der Waals surface area contributed by atoms with E-state index in [0.29, 0.717) is 0 Å². The van der Waals surface area contributed by atoms with Crippen LogP contribution in [0.5, 0.6) is 0 Å². The van der Waals surface area contributed by atoms with Gasteiger partial charge >= 0.3 is 0 Å². The second kappa shape index (κ2) is 4.70. The van der Waals surface area contributed by atoms with Gasteiger partial charge in [-0.05, 0) is 31.5 Å². The zero-order valence-electron chi connectivity index (χ0n) is 8.80. The largest absolute Gasteiger partial charge is 0.307 e. The summed E-state index contributed by atoms with van der Waals surface area (Å²) < 4.78 is 26.6. The fourth-order valence-corrected chi connectivity index (χ4v) is 1.96. The molecule has 4 heteroatoms. The molecule has 1 atom stereocenters. The number of ketones is 1. The van der Waals surface area contributed by atoms with Gasteiger partial charge in [-0.25, -0.2) is 8.78 Å². The second-order valence-electron chi connectivity index (χ2n) is 3.99. The Morgan fingerprint density at radius 2 is 2.06 bits per heavy atom. The van der Waals surface area contributed by atoms with Gasteiger partial charge in [-0.1, -0.05) is 6.07 Å². The predicted octanol–water partition coefficient (Wildman–Crippen LogP) is 1.83. The Kier molecular flexibility index (Phi) is 3.29. The van der Waals surface area contributed by atoms with Crippen molar-refractivity contribution in [1.29, 1.82) is 0 Å². The quantitative estimate of drug-likeness (QED) is 0.850. The number of rotatable bonds is 3. The molecular weight excluding hydrogens is 212 g/mol. The fourth-order valence-electron chi connectivity index (χ4n) is 1.96. The molecule has 0 bridgehead atoms. The summed E-state index contributed by atoms with van der Waals surface area (Å²) in [6, 6.07) is 3.41. The highest BCUT2D eigenvalue weighted by Gasteiger charge is 2.23. The van der Waals surface area contributed by atoms with E-state index in [1.165, 1.54) is 18.2 Å². The van der Waals surface area contributed by atoms with E-state index in [1.807, 2.05) is 0 Å². The van der Waals surface area contributed by atoms with Gasteiger partial charge in [0.1, 0.15) is 11.6 Å². The Bertz CT molecular complexity index is 380. The van der Waals surface area contributed by atoms with Crippen LogP contribution in [0, 0.1) is 11.6 Å². The van der Waals surface area contributed by atoms with Crippen LogP contribution in [0.2, 0.25) is 0 Å². The molecule has 1 N–H and O–H groups in total. The van der Waals surface area contributed by atoms with Crippen LogP contribution in [0.3, 0.4) is 0 Å². The maximum atomic E-state index is 13.3. The summed E-state index contributed by atoms with van der Waals surface area (Å²) in [5.74, 6) is -1.43. The minimum absolute atomic E-state index is 0.124. The Morgan fingerprint density at radius 3 is 2.62 bits per heavy atom. The first-order valence-electron chi connectivity index (χ1n) is 5.37. The van der Waals surface area contributed by atoms with E-state index in [9.17, 15) is 13.6 Å². The highest BCUT2D eigenvalue weighted by Crippen LogP contribution is 2.15. The first-order valence-corrected chi connectivity index (χ1v) is 5.37. The lowest BCUT2D eigenvalue weighted by Gasteiger charge is -2.09. The number of carbonyl (C=O) groups excluding carboxylic acids is 1. The van der Waals surface area contributed by atoms with Gasteiger partial charge in [0.2, 0.25) is 0 Å². The summed E-state index contributed by atoms with van der Waals surface area (Å²) in [6.07, 6.45) is 1.53. The minimum atomic E-state index is -0.647. The summed E-state index contributed by atoms with van der Waals surface area (Å²) in [4.78, 5) is 11.7. The number of hydrogen-bond donors (Lipinski definition) is 1. The topological polar surface area (TPSA) is 29.1 Å². The van der Waals surface area contributed by atoms with E-state index < -0.39 is 11.6 Å². The van der Waals surface area contributed by atoms with E-state index in [0.717, 1.165) is 19.4 Å². The van der Waals surface area contributed by atoms with E-state index in [2.05, 4.69) is 5.32 Å². The van der Waals surface area contributed by atoms with Crippen molar-refractivity contribution < 1.29 is 13.6 Å². The van der Waals surface area contributed by atoms with Gasteiger partial charge in [-0.2, -0.15) is 0 Å². The number of Topliss-reactive ketones (excluding diaryl/α,β-unsaturated/α-hetero) is 1. The van der Waals surface area contributed by atoms with E-state index in [-0.39, 0.29) is 23.8 Å². The number of benzene rings is 1. The third kappa shape index (κ3) is 2.27. The minimum Gasteiger partial charge on any atom is -0.307 e. The van der Waals surface area contributed by atoms with Gasteiger partial charge in [0, 0.05) is 12.0 Å². The van der Waals surface area contributed by atoms with Gasteiger partial charge in [0.15, 0.2) is 5.78 Å². The van der Waals surface area contributed by atoms with Crippen LogP contribution >= 0.6 is 0 Å². The molecular formula is C12H13F2NO. The highest BCUT2D eigenvalue weighted by molar-refractivity contribution is 5.86.